The van der Waals surface area contributed by atoms with E-state index in [4.69, 9.17) is 0 Å². The molecule has 1 N–H and O–H groups in total. The molecule has 5 heteroatoms. The van der Waals surface area contributed by atoms with Gasteiger partial charge in [-0.25, -0.2) is 0 Å². The highest BCUT2D eigenvalue weighted by Gasteiger charge is 2.16. The predicted octanol–water partition coefficient (Wildman–Crippen LogP) is 5.14. The standard InChI is InChI=1S/C25H28BrN3O/c1-18-5-6-20-10-14-29(24(20)15-18)19(2)25(30)27-11-3-4-12-28-13-9-21-16-23(26)8-7-22(21)17-28/h5-8,10,14-16H,2-4,9,11-13,17H2,1H3,(H,27,30). The molecule has 0 atom stereocenters. The summed E-state index contributed by atoms with van der Waals surface area (Å²) in [4.78, 5) is 15.1. The Morgan fingerprint density at radius 1 is 1.13 bits per heavy atom. The second kappa shape index (κ2) is 9.19. The molecular formula is C25H28BrN3O. The Balaban J connectivity index is 1.22. The number of amides is 1. The maximum atomic E-state index is 12.6. The molecule has 2 aromatic carbocycles. The summed E-state index contributed by atoms with van der Waals surface area (Å²) in [7, 11) is 0. The molecule has 4 nitrogen and oxygen atoms in total. The van der Waals surface area contributed by atoms with E-state index in [-0.39, 0.29) is 5.91 Å². The van der Waals surface area contributed by atoms with E-state index in [2.05, 4.69) is 76.0 Å². The molecule has 0 unspecified atom stereocenters. The van der Waals surface area contributed by atoms with Gasteiger partial charge in [0.1, 0.15) is 5.70 Å². The molecule has 0 saturated heterocycles. The summed E-state index contributed by atoms with van der Waals surface area (Å²) in [6.45, 7) is 9.93. The number of fused-ring (bicyclic) bond motifs is 2. The van der Waals surface area contributed by atoms with E-state index in [0.717, 1.165) is 54.3 Å². The first kappa shape index (κ1) is 20.9. The minimum Gasteiger partial charge on any atom is -0.351 e. The van der Waals surface area contributed by atoms with Crippen LogP contribution in [0, 0.1) is 6.92 Å². The van der Waals surface area contributed by atoms with Gasteiger partial charge < -0.3 is 9.88 Å². The molecule has 0 bridgehead atoms. The van der Waals surface area contributed by atoms with E-state index in [1.807, 2.05) is 16.8 Å². The summed E-state index contributed by atoms with van der Waals surface area (Å²) in [5.74, 6) is -0.105. The highest BCUT2D eigenvalue weighted by molar-refractivity contribution is 9.10. The topological polar surface area (TPSA) is 37.3 Å². The number of hydrogen-bond donors (Lipinski definition) is 1. The van der Waals surface area contributed by atoms with Crippen molar-refractivity contribution in [3.63, 3.8) is 0 Å². The van der Waals surface area contributed by atoms with Gasteiger partial charge in [-0.1, -0.05) is 40.7 Å². The molecule has 156 valence electrons. The summed E-state index contributed by atoms with van der Waals surface area (Å²) >= 11 is 3.56. The van der Waals surface area contributed by atoms with Gasteiger partial charge in [-0.15, -0.1) is 0 Å². The van der Waals surface area contributed by atoms with Crippen LogP contribution in [0.3, 0.4) is 0 Å². The molecule has 0 radical (unpaired) electrons. The summed E-state index contributed by atoms with van der Waals surface area (Å²) < 4.78 is 3.04. The van der Waals surface area contributed by atoms with Crippen LogP contribution in [-0.2, 0) is 17.8 Å². The average Bonchev–Trinajstić information content (AvgIpc) is 3.15. The normalized spacial score (nSPS) is 13.9. The number of aromatic nitrogens is 1. The second-order valence-corrected chi connectivity index (χ2v) is 9.01. The van der Waals surface area contributed by atoms with Crippen LogP contribution < -0.4 is 5.32 Å². The van der Waals surface area contributed by atoms with Crippen LogP contribution in [0.2, 0.25) is 0 Å². The third kappa shape index (κ3) is 4.68. The molecule has 1 aliphatic rings. The van der Waals surface area contributed by atoms with Crippen LogP contribution in [0.5, 0.6) is 0 Å². The van der Waals surface area contributed by atoms with E-state index in [9.17, 15) is 4.79 Å². The molecule has 4 rings (SSSR count). The number of nitrogens with zero attached hydrogens (tertiary/aromatic N) is 2. The molecule has 0 fully saturated rings. The summed E-state index contributed by atoms with van der Waals surface area (Å²) in [6.07, 6.45) is 5.06. The van der Waals surface area contributed by atoms with E-state index >= 15 is 0 Å². The van der Waals surface area contributed by atoms with Crippen molar-refractivity contribution in [1.29, 1.82) is 0 Å². The van der Waals surface area contributed by atoms with Gasteiger partial charge in [-0.05, 0) is 79.1 Å². The highest BCUT2D eigenvalue weighted by Crippen LogP contribution is 2.23. The van der Waals surface area contributed by atoms with E-state index in [0.29, 0.717) is 12.2 Å². The highest BCUT2D eigenvalue weighted by atomic mass is 79.9. The number of benzene rings is 2. The lowest BCUT2D eigenvalue weighted by Crippen LogP contribution is -2.32. The molecule has 3 aromatic rings. The fourth-order valence-electron chi connectivity index (χ4n) is 4.12. The fraction of sp³-hybridized carbons (Fsp3) is 0.320. The zero-order valence-corrected chi connectivity index (χ0v) is 19.0. The number of nitrogens with one attached hydrogen (secondary N) is 1. The Bertz CT molecular complexity index is 1090. The van der Waals surface area contributed by atoms with E-state index in [1.54, 1.807) is 0 Å². The van der Waals surface area contributed by atoms with Crippen LogP contribution >= 0.6 is 15.9 Å². The van der Waals surface area contributed by atoms with Gasteiger partial charge in [-0.3, -0.25) is 9.69 Å². The van der Waals surface area contributed by atoms with Gasteiger partial charge in [0.25, 0.3) is 5.91 Å². The van der Waals surface area contributed by atoms with Crippen molar-refractivity contribution in [1.82, 2.24) is 14.8 Å². The SMILES string of the molecule is C=C(C(=O)NCCCCN1CCc2cc(Br)ccc2C1)n1ccc2ccc(C)cc21. The number of rotatable bonds is 7. The Labute approximate surface area is 186 Å². The summed E-state index contributed by atoms with van der Waals surface area (Å²) in [6, 6.07) is 14.8. The monoisotopic (exact) mass is 465 g/mol. The fourth-order valence-corrected chi connectivity index (χ4v) is 4.53. The molecule has 1 aliphatic heterocycles. The van der Waals surface area contributed by atoms with Gasteiger partial charge in [0.05, 0.1) is 5.52 Å². The zero-order valence-electron chi connectivity index (χ0n) is 17.5. The summed E-state index contributed by atoms with van der Waals surface area (Å²) in [5.41, 5.74) is 5.55. The van der Waals surface area contributed by atoms with Crippen molar-refractivity contribution in [2.75, 3.05) is 19.6 Å². The number of carbonyl (C=O) groups excluding carboxylic acids is 1. The Morgan fingerprint density at radius 2 is 2.00 bits per heavy atom. The molecule has 1 amide bonds. The van der Waals surface area contributed by atoms with Crippen LogP contribution in [0.15, 0.2) is 59.7 Å². The minimum atomic E-state index is -0.105. The Kier molecular flexibility index (Phi) is 6.40. The van der Waals surface area contributed by atoms with Crippen molar-refractivity contribution in [2.24, 2.45) is 0 Å². The van der Waals surface area contributed by atoms with Gasteiger partial charge in [0.2, 0.25) is 0 Å². The van der Waals surface area contributed by atoms with Crippen molar-refractivity contribution in [2.45, 2.75) is 32.7 Å². The predicted molar refractivity (Wildman–Crippen MR) is 127 cm³/mol. The average molecular weight is 466 g/mol. The van der Waals surface area contributed by atoms with Crippen molar-refractivity contribution in [3.05, 3.63) is 76.4 Å². The summed E-state index contributed by atoms with van der Waals surface area (Å²) in [5, 5.41) is 4.14. The second-order valence-electron chi connectivity index (χ2n) is 8.10. The lowest BCUT2D eigenvalue weighted by Gasteiger charge is -2.28. The molecule has 2 heterocycles. The molecular weight excluding hydrogens is 438 g/mol. The first-order valence-corrected chi connectivity index (χ1v) is 11.4. The number of halogens is 1. The Hall–Kier alpha value is -2.37. The molecule has 0 aliphatic carbocycles. The zero-order chi connectivity index (χ0) is 21.1. The van der Waals surface area contributed by atoms with Crippen molar-refractivity contribution < 1.29 is 4.79 Å². The third-order valence-corrected chi connectivity index (χ3v) is 6.34. The number of hydrogen-bond acceptors (Lipinski definition) is 2. The smallest absolute Gasteiger partial charge is 0.267 e. The third-order valence-electron chi connectivity index (χ3n) is 5.85. The minimum absolute atomic E-state index is 0.105. The maximum Gasteiger partial charge on any atom is 0.267 e. The van der Waals surface area contributed by atoms with Crippen LogP contribution in [0.1, 0.15) is 29.5 Å². The first-order chi connectivity index (χ1) is 14.5. The van der Waals surface area contributed by atoms with Crippen molar-refractivity contribution in [3.8, 4) is 0 Å². The molecule has 30 heavy (non-hydrogen) atoms. The van der Waals surface area contributed by atoms with Crippen LogP contribution in [0.4, 0.5) is 0 Å². The van der Waals surface area contributed by atoms with Crippen molar-refractivity contribution >= 4 is 38.4 Å². The number of carbonyl (C=O) groups is 1. The molecule has 1 aromatic heterocycles. The van der Waals surface area contributed by atoms with Crippen LogP contribution in [0.25, 0.3) is 16.6 Å². The maximum absolute atomic E-state index is 12.6. The molecule has 0 spiro atoms. The number of unbranched alkanes of at least 4 members (excludes halogenated alkanes) is 1. The van der Waals surface area contributed by atoms with Gasteiger partial charge in [-0.2, -0.15) is 0 Å². The quantitative estimate of drug-likeness (QED) is 0.387. The largest absolute Gasteiger partial charge is 0.351 e. The lowest BCUT2D eigenvalue weighted by molar-refractivity contribution is -0.115. The van der Waals surface area contributed by atoms with Gasteiger partial charge in [0.15, 0.2) is 0 Å². The van der Waals surface area contributed by atoms with Gasteiger partial charge >= 0.3 is 0 Å². The van der Waals surface area contributed by atoms with Crippen LogP contribution in [-0.4, -0.2) is 35.0 Å². The van der Waals surface area contributed by atoms with Gasteiger partial charge in [0, 0.05) is 30.3 Å². The lowest BCUT2D eigenvalue weighted by atomic mass is 10.00. The Morgan fingerprint density at radius 3 is 2.87 bits per heavy atom. The number of aryl methyl sites for hydroxylation is 1. The van der Waals surface area contributed by atoms with E-state index in [1.165, 1.54) is 16.7 Å². The van der Waals surface area contributed by atoms with E-state index < -0.39 is 0 Å². The molecule has 0 saturated carbocycles. The first-order valence-electron chi connectivity index (χ1n) is 10.6.